The number of aryl methyl sites for hydroxylation is 1. The van der Waals surface area contributed by atoms with Crippen molar-refractivity contribution in [3.8, 4) is 11.5 Å². The van der Waals surface area contributed by atoms with Gasteiger partial charge in [-0.25, -0.2) is 14.8 Å². The zero-order chi connectivity index (χ0) is 18.1. The van der Waals surface area contributed by atoms with Gasteiger partial charge < -0.3 is 19.9 Å². The molecule has 0 saturated carbocycles. The van der Waals surface area contributed by atoms with Crippen LogP contribution in [0.4, 0.5) is 11.5 Å². The highest BCUT2D eigenvalue weighted by Crippen LogP contribution is 2.39. The maximum absolute atomic E-state index is 11.4. The lowest BCUT2D eigenvalue weighted by molar-refractivity contribution is 0.0701. The summed E-state index contributed by atoms with van der Waals surface area (Å²) >= 11 is 7.23. The second-order valence-electron chi connectivity index (χ2n) is 5.08. The number of thiophene rings is 1. The summed E-state index contributed by atoms with van der Waals surface area (Å²) in [5.41, 5.74) is 1.20. The van der Waals surface area contributed by atoms with Gasteiger partial charge in [0.15, 0.2) is 0 Å². The number of benzene rings is 1. The van der Waals surface area contributed by atoms with Gasteiger partial charge in [0.05, 0.1) is 30.3 Å². The molecule has 0 aliphatic carbocycles. The van der Waals surface area contributed by atoms with Gasteiger partial charge in [-0.1, -0.05) is 11.6 Å². The van der Waals surface area contributed by atoms with Crippen molar-refractivity contribution in [3.05, 3.63) is 33.9 Å². The largest absolute Gasteiger partial charge is 0.495 e. The van der Waals surface area contributed by atoms with E-state index < -0.39 is 5.97 Å². The van der Waals surface area contributed by atoms with Crippen LogP contribution in [-0.2, 0) is 0 Å². The van der Waals surface area contributed by atoms with Gasteiger partial charge in [0.25, 0.3) is 0 Å². The van der Waals surface area contributed by atoms with Gasteiger partial charge in [0.1, 0.15) is 33.4 Å². The summed E-state index contributed by atoms with van der Waals surface area (Å²) < 4.78 is 10.6. The molecule has 7 nitrogen and oxygen atoms in total. The van der Waals surface area contributed by atoms with Crippen LogP contribution >= 0.6 is 22.9 Å². The van der Waals surface area contributed by atoms with Crippen molar-refractivity contribution in [3.63, 3.8) is 0 Å². The Morgan fingerprint density at radius 2 is 1.96 bits per heavy atom. The van der Waals surface area contributed by atoms with Crippen molar-refractivity contribution in [1.29, 1.82) is 0 Å². The van der Waals surface area contributed by atoms with Gasteiger partial charge in [-0.3, -0.25) is 0 Å². The summed E-state index contributed by atoms with van der Waals surface area (Å²) in [6, 6.07) is 3.32. The number of carboxylic acid groups (broad SMARTS) is 1. The Hall–Kier alpha value is -2.58. The van der Waals surface area contributed by atoms with E-state index in [2.05, 4.69) is 15.3 Å². The third kappa shape index (κ3) is 3.06. The highest BCUT2D eigenvalue weighted by molar-refractivity contribution is 7.20. The van der Waals surface area contributed by atoms with E-state index in [0.717, 1.165) is 11.3 Å². The number of ether oxygens (including phenoxy) is 2. The van der Waals surface area contributed by atoms with E-state index >= 15 is 0 Å². The van der Waals surface area contributed by atoms with Crippen LogP contribution in [0.5, 0.6) is 11.5 Å². The molecule has 0 aliphatic rings. The monoisotopic (exact) mass is 379 g/mol. The Bertz CT molecular complexity index is 974. The van der Waals surface area contributed by atoms with Gasteiger partial charge in [-0.05, 0) is 12.5 Å². The highest BCUT2D eigenvalue weighted by atomic mass is 35.5. The maximum Gasteiger partial charge on any atom is 0.346 e. The number of rotatable bonds is 5. The molecule has 9 heteroatoms. The average molecular weight is 380 g/mol. The molecule has 0 bridgehead atoms. The Morgan fingerprint density at radius 1 is 1.24 bits per heavy atom. The zero-order valence-corrected chi connectivity index (χ0v) is 15.2. The Kier molecular flexibility index (Phi) is 4.65. The minimum Gasteiger partial charge on any atom is -0.495 e. The summed E-state index contributed by atoms with van der Waals surface area (Å²) in [6.45, 7) is 1.73. The Morgan fingerprint density at radius 3 is 2.60 bits per heavy atom. The van der Waals surface area contributed by atoms with Gasteiger partial charge >= 0.3 is 5.97 Å². The van der Waals surface area contributed by atoms with Crippen LogP contribution in [-0.4, -0.2) is 35.3 Å². The van der Waals surface area contributed by atoms with E-state index in [1.807, 2.05) is 0 Å². The fourth-order valence-corrected chi connectivity index (χ4v) is 3.67. The predicted octanol–water partition coefficient (Wildman–Crippen LogP) is 4.11. The van der Waals surface area contributed by atoms with Crippen molar-refractivity contribution in [1.82, 2.24) is 9.97 Å². The van der Waals surface area contributed by atoms with Crippen molar-refractivity contribution in [2.45, 2.75) is 6.92 Å². The molecule has 130 valence electrons. The summed E-state index contributed by atoms with van der Waals surface area (Å²) in [6.07, 6.45) is 1.38. The second-order valence-corrected chi connectivity index (χ2v) is 6.48. The number of methoxy groups -OCH3 is 2. The number of hydrogen-bond donors (Lipinski definition) is 2. The first-order chi connectivity index (χ1) is 12.0. The molecule has 0 aliphatic heterocycles. The molecule has 3 aromatic rings. The summed E-state index contributed by atoms with van der Waals surface area (Å²) in [5.74, 6) is 0.471. The van der Waals surface area contributed by atoms with E-state index in [1.165, 1.54) is 20.5 Å². The molecule has 0 spiro atoms. The number of hydrogen-bond acceptors (Lipinski definition) is 7. The summed E-state index contributed by atoms with van der Waals surface area (Å²) in [4.78, 5) is 20.6. The fourth-order valence-electron chi connectivity index (χ4n) is 2.46. The quantitative estimate of drug-likeness (QED) is 0.688. The first kappa shape index (κ1) is 17.2. The third-order valence-corrected chi connectivity index (χ3v) is 5.13. The van der Waals surface area contributed by atoms with Crippen molar-refractivity contribution in [2.75, 3.05) is 19.5 Å². The molecule has 0 fully saturated rings. The molecule has 2 N–H and O–H groups in total. The molecule has 0 saturated heterocycles. The van der Waals surface area contributed by atoms with E-state index in [9.17, 15) is 9.90 Å². The fraction of sp³-hybridized carbons (Fsp3) is 0.188. The Balaban J connectivity index is 2.14. The SMILES string of the molecule is COc1cc(Nc2ncnc3sc(C(=O)O)c(C)c23)c(OC)cc1Cl. The number of aromatic nitrogens is 2. The lowest BCUT2D eigenvalue weighted by atomic mass is 10.2. The first-order valence-corrected chi connectivity index (χ1v) is 8.31. The second kappa shape index (κ2) is 6.73. The lowest BCUT2D eigenvalue weighted by Gasteiger charge is -2.14. The van der Waals surface area contributed by atoms with Crippen molar-refractivity contribution in [2.24, 2.45) is 0 Å². The number of anilines is 2. The molecular weight excluding hydrogens is 366 g/mol. The summed E-state index contributed by atoms with van der Waals surface area (Å²) in [7, 11) is 3.04. The van der Waals surface area contributed by atoms with Gasteiger partial charge in [-0.2, -0.15) is 0 Å². The first-order valence-electron chi connectivity index (χ1n) is 7.12. The molecule has 25 heavy (non-hydrogen) atoms. The van der Waals surface area contributed by atoms with E-state index in [0.29, 0.717) is 43.8 Å². The van der Waals surface area contributed by atoms with Gasteiger partial charge in [-0.15, -0.1) is 11.3 Å². The topological polar surface area (TPSA) is 93.6 Å². The normalized spacial score (nSPS) is 10.7. The minimum atomic E-state index is -0.989. The number of aromatic carboxylic acids is 1. The number of nitrogens with one attached hydrogen (secondary N) is 1. The molecule has 0 unspecified atom stereocenters. The standard InChI is InChI=1S/C16H14ClN3O4S/c1-7-12-14(18-6-19-15(12)25-13(7)16(21)22)20-9-5-10(23-2)8(17)4-11(9)24-3/h4-6H,1-3H3,(H,21,22)(H,18,19,20). The van der Waals surface area contributed by atoms with Crippen molar-refractivity contribution >= 4 is 50.6 Å². The maximum atomic E-state index is 11.4. The third-order valence-electron chi connectivity index (χ3n) is 3.65. The molecule has 3 rings (SSSR count). The molecule has 1 aromatic carbocycles. The van der Waals surface area contributed by atoms with Crippen LogP contribution in [0, 0.1) is 6.92 Å². The molecular formula is C16H14ClN3O4S. The van der Waals surface area contributed by atoms with Crippen LogP contribution in [0.2, 0.25) is 5.02 Å². The molecule has 0 amide bonds. The molecule has 2 heterocycles. The van der Waals surface area contributed by atoms with Gasteiger partial charge in [0.2, 0.25) is 0 Å². The summed E-state index contributed by atoms with van der Waals surface area (Å²) in [5, 5.41) is 13.5. The number of carboxylic acids is 1. The van der Waals surface area contributed by atoms with E-state index in [4.69, 9.17) is 21.1 Å². The number of carbonyl (C=O) groups is 1. The number of nitrogens with zero attached hydrogens (tertiary/aromatic N) is 2. The van der Waals surface area contributed by atoms with E-state index in [1.54, 1.807) is 19.1 Å². The average Bonchev–Trinajstić information content (AvgIpc) is 2.94. The zero-order valence-electron chi connectivity index (χ0n) is 13.6. The lowest BCUT2D eigenvalue weighted by Crippen LogP contribution is -2.00. The van der Waals surface area contributed by atoms with Crippen LogP contribution in [0.1, 0.15) is 15.2 Å². The number of halogens is 1. The smallest absolute Gasteiger partial charge is 0.346 e. The molecule has 0 radical (unpaired) electrons. The van der Waals surface area contributed by atoms with Crippen LogP contribution in [0.15, 0.2) is 18.5 Å². The number of fused-ring (bicyclic) bond motifs is 1. The minimum absolute atomic E-state index is 0.235. The molecule has 0 atom stereocenters. The van der Waals surface area contributed by atoms with Crippen molar-refractivity contribution < 1.29 is 19.4 Å². The Labute approximate surface area is 152 Å². The van der Waals surface area contributed by atoms with E-state index in [-0.39, 0.29) is 4.88 Å². The van der Waals surface area contributed by atoms with Crippen LogP contribution < -0.4 is 14.8 Å². The molecule has 2 aromatic heterocycles. The van der Waals surface area contributed by atoms with Crippen LogP contribution in [0.3, 0.4) is 0 Å². The predicted molar refractivity (Wildman–Crippen MR) is 97.0 cm³/mol. The highest BCUT2D eigenvalue weighted by Gasteiger charge is 2.19. The van der Waals surface area contributed by atoms with Gasteiger partial charge in [0, 0.05) is 12.1 Å². The van der Waals surface area contributed by atoms with Crippen LogP contribution in [0.25, 0.3) is 10.2 Å².